The fourth-order valence-electron chi connectivity index (χ4n) is 2.54. The van der Waals surface area contributed by atoms with Crippen LogP contribution in [0.25, 0.3) is 0 Å². The van der Waals surface area contributed by atoms with Crippen LogP contribution >= 0.6 is 11.6 Å². The molecule has 1 aliphatic carbocycles. The second-order valence-corrected chi connectivity index (χ2v) is 5.20. The Balaban J connectivity index is 1.87. The van der Waals surface area contributed by atoms with E-state index < -0.39 is 0 Å². The number of rotatable bonds is 3. The molecule has 1 aliphatic heterocycles. The monoisotopic (exact) mass is 250 g/mol. The quantitative estimate of drug-likeness (QED) is 0.896. The maximum Gasteiger partial charge on any atom is 0.282 e. The first-order valence-electron chi connectivity index (χ1n) is 5.95. The third kappa shape index (κ3) is 2.25. The fraction of sp³-hybridized carbons (Fsp3) is 0.462. The van der Waals surface area contributed by atoms with Crippen LogP contribution in [0.3, 0.4) is 0 Å². The number of hydrogen-bond donors (Lipinski definition) is 1. The fourth-order valence-corrected chi connectivity index (χ4v) is 2.67. The molecule has 4 heteroatoms. The van der Waals surface area contributed by atoms with Crippen molar-refractivity contribution in [1.82, 2.24) is 0 Å². The number of hydrogen-bond acceptors (Lipinski definition) is 3. The summed E-state index contributed by atoms with van der Waals surface area (Å²) in [4.78, 5) is 4.39. The number of benzene rings is 1. The Morgan fingerprint density at radius 2 is 2.00 bits per heavy atom. The molecule has 1 heterocycles. The van der Waals surface area contributed by atoms with Gasteiger partial charge in [0, 0.05) is 10.9 Å². The van der Waals surface area contributed by atoms with Gasteiger partial charge in [0.2, 0.25) is 0 Å². The average Bonchev–Trinajstić information content (AvgIpc) is 3.05. The van der Waals surface area contributed by atoms with Gasteiger partial charge in [-0.25, -0.2) is 4.99 Å². The maximum absolute atomic E-state index is 5.92. The zero-order valence-electron chi connectivity index (χ0n) is 9.47. The van der Waals surface area contributed by atoms with Crippen LogP contribution in [-0.2, 0) is 4.74 Å². The first kappa shape index (κ1) is 10.9. The van der Waals surface area contributed by atoms with Crippen molar-refractivity contribution in [1.29, 1.82) is 0 Å². The summed E-state index contributed by atoms with van der Waals surface area (Å²) in [6.07, 6.45) is 2.55. The van der Waals surface area contributed by atoms with Crippen molar-refractivity contribution in [2.45, 2.75) is 24.8 Å². The van der Waals surface area contributed by atoms with Gasteiger partial charge in [-0.2, -0.15) is 0 Å². The summed E-state index contributed by atoms with van der Waals surface area (Å²) < 4.78 is 5.27. The predicted molar refractivity (Wildman–Crippen MR) is 68.3 cm³/mol. The first-order valence-corrected chi connectivity index (χ1v) is 6.33. The molecule has 17 heavy (non-hydrogen) atoms. The zero-order valence-corrected chi connectivity index (χ0v) is 10.2. The Morgan fingerprint density at radius 3 is 2.53 bits per heavy atom. The van der Waals surface area contributed by atoms with Crippen LogP contribution in [0.1, 0.15) is 24.3 Å². The number of nitrogens with zero attached hydrogens (tertiary/aromatic N) is 1. The van der Waals surface area contributed by atoms with Crippen molar-refractivity contribution >= 4 is 17.6 Å². The molecule has 0 spiro atoms. The molecule has 1 aromatic rings. The maximum atomic E-state index is 5.92. The highest BCUT2D eigenvalue weighted by Crippen LogP contribution is 2.46. The molecule has 1 fully saturated rings. The SMILES string of the molecule is NC1=NC(C(c2ccc(Cl)cc2)C2CC2)CO1. The molecular weight excluding hydrogens is 236 g/mol. The summed E-state index contributed by atoms with van der Waals surface area (Å²) >= 11 is 5.92. The van der Waals surface area contributed by atoms with Crippen LogP contribution in [0.5, 0.6) is 0 Å². The molecule has 0 radical (unpaired) electrons. The van der Waals surface area contributed by atoms with E-state index >= 15 is 0 Å². The lowest BCUT2D eigenvalue weighted by molar-refractivity contribution is 0.290. The van der Waals surface area contributed by atoms with Gasteiger partial charge >= 0.3 is 0 Å². The minimum atomic E-state index is 0.170. The summed E-state index contributed by atoms with van der Waals surface area (Å²) in [6.45, 7) is 0.607. The molecule has 3 rings (SSSR count). The summed E-state index contributed by atoms with van der Waals surface area (Å²) in [6, 6.07) is 8.56. The molecule has 1 saturated carbocycles. The van der Waals surface area contributed by atoms with E-state index in [0.717, 1.165) is 10.9 Å². The molecule has 0 saturated heterocycles. The van der Waals surface area contributed by atoms with Crippen molar-refractivity contribution in [3.8, 4) is 0 Å². The van der Waals surface area contributed by atoms with Gasteiger partial charge in [-0.3, -0.25) is 0 Å². The average molecular weight is 251 g/mol. The van der Waals surface area contributed by atoms with E-state index in [9.17, 15) is 0 Å². The molecule has 2 N–H and O–H groups in total. The van der Waals surface area contributed by atoms with E-state index in [-0.39, 0.29) is 6.04 Å². The molecule has 2 atom stereocenters. The van der Waals surface area contributed by atoms with Crippen LogP contribution in [0, 0.1) is 5.92 Å². The molecule has 1 aromatic carbocycles. The van der Waals surface area contributed by atoms with E-state index in [1.807, 2.05) is 12.1 Å². The van der Waals surface area contributed by atoms with Crippen molar-refractivity contribution in [2.24, 2.45) is 16.6 Å². The Kier molecular flexibility index (Phi) is 2.71. The Hall–Kier alpha value is -1.22. The van der Waals surface area contributed by atoms with E-state index in [0.29, 0.717) is 18.5 Å². The second kappa shape index (κ2) is 4.22. The van der Waals surface area contributed by atoms with Crippen molar-refractivity contribution in [3.05, 3.63) is 34.9 Å². The Morgan fingerprint density at radius 1 is 1.29 bits per heavy atom. The number of amidine groups is 1. The Labute approximate surface area is 106 Å². The Bertz CT molecular complexity index is 439. The van der Waals surface area contributed by atoms with Gasteiger partial charge in [-0.15, -0.1) is 0 Å². The van der Waals surface area contributed by atoms with E-state index in [1.165, 1.54) is 18.4 Å². The van der Waals surface area contributed by atoms with E-state index in [1.54, 1.807) is 0 Å². The minimum Gasteiger partial charge on any atom is -0.463 e. The van der Waals surface area contributed by atoms with Crippen LogP contribution in [0.15, 0.2) is 29.3 Å². The molecule has 0 bridgehead atoms. The summed E-state index contributed by atoms with van der Waals surface area (Å²) in [7, 11) is 0. The summed E-state index contributed by atoms with van der Waals surface area (Å²) in [5.41, 5.74) is 6.89. The van der Waals surface area contributed by atoms with Gasteiger partial charge in [-0.1, -0.05) is 23.7 Å². The number of halogens is 1. The highest BCUT2D eigenvalue weighted by molar-refractivity contribution is 6.30. The zero-order chi connectivity index (χ0) is 11.8. The number of nitrogens with two attached hydrogens (primary N) is 1. The van der Waals surface area contributed by atoms with Crippen molar-refractivity contribution in [3.63, 3.8) is 0 Å². The van der Waals surface area contributed by atoms with Gasteiger partial charge in [-0.05, 0) is 36.5 Å². The highest BCUT2D eigenvalue weighted by atomic mass is 35.5. The number of ether oxygens (including phenoxy) is 1. The molecule has 90 valence electrons. The third-order valence-electron chi connectivity index (χ3n) is 3.49. The van der Waals surface area contributed by atoms with Gasteiger partial charge in [0.1, 0.15) is 6.61 Å². The van der Waals surface area contributed by atoms with Crippen LogP contribution < -0.4 is 5.73 Å². The van der Waals surface area contributed by atoms with Gasteiger partial charge < -0.3 is 10.5 Å². The van der Waals surface area contributed by atoms with Gasteiger partial charge in [0.05, 0.1) is 6.04 Å². The lowest BCUT2D eigenvalue weighted by atomic mass is 9.88. The van der Waals surface area contributed by atoms with Gasteiger partial charge in [0.15, 0.2) is 0 Å². The lowest BCUT2D eigenvalue weighted by Gasteiger charge is -2.20. The van der Waals surface area contributed by atoms with E-state index in [2.05, 4.69) is 17.1 Å². The second-order valence-electron chi connectivity index (χ2n) is 4.76. The molecule has 2 unspecified atom stereocenters. The standard InChI is InChI=1S/C13H15ClN2O/c14-10-5-3-9(4-6-10)12(8-1-2-8)11-7-17-13(15)16-11/h3-6,8,11-12H,1-2,7H2,(H2,15,16). The van der Waals surface area contributed by atoms with E-state index in [4.69, 9.17) is 22.1 Å². The third-order valence-corrected chi connectivity index (χ3v) is 3.75. The molecular formula is C13H15ClN2O. The van der Waals surface area contributed by atoms with Crippen molar-refractivity contribution < 1.29 is 4.74 Å². The molecule has 2 aliphatic rings. The first-order chi connectivity index (χ1) is 8.24. The van der Waals surface area contributed by atoms with Crippen LogP contribution in [0.2, 0.25) is 5.02 Å². The molecule has 0 aromatic heterocycles. The topological polar surface area (TPSA) is 47.6 Å². The van der Waals surface area contributed by atoms with Crippen LogP contribution in [0.4, 0.5) is 0 Å². The smallest absolute Gasteiger partial charge is 0.282 e. The molecule has 0 amide bonds. The minimum absolute atomic E-state index is 0.170. The normalized spacial score (nSPS) is 25.2. The summed E-state index contributed by atoms with van der Waals surface area (Å²) in [5, 5.41) is 0.772. The number of aliphatic imine (C=N–C) groups is 1. The van der Waals surface area contributed by atoms with Crippen molar-refractivity contribution in [2.75, 3.05) is 6.61 Å². The van der Waals surface area contributed by atoms with Gasteiger partial charge in [0.25, 0.3) is 6.02 Å². The highest BCUT2D eigenvalue weighted by Gasteiger charge is 2.39. The predicted octanol–water partition coefficient (Wildman–Crippen LogP) is 2.55. The lowest BCUT2D eigenvalue weighted by Crippen LogP contribution is -2.20. The largest absolute Gasteiger partial charge is 0.463 e. The summed E-state index contributed by atoms with van der Waals surface area (Å²) in [5.74, 6) is 1.15. The molecule has 3 nitrogen and oxygen atoms in total. The van der Waals surface area contributed by atoms with Crippen LogP contribution in [-0.4, -0.2) is 18.7 Å².